The van der Waals surface area contributed by atoms with E-state index in [1.54, 1.807) is 30.3 Å². The van der Waals surface area contributed by atoms with Gasteiger partial charge < -0.3 is 5.73 Å². The number of halogens is 2. The third kappa shape index (κ3) is 2.89. The van der Waals surface area contributed by atoms with Gasteiger partial charge in [-0.25, -0.2) is 4.39 Å². The average Bonchev–Trinajstić information content (AvgIpc) is 2.32. The molecule has 1 unspecified atom stereocenters. The van der Waals surface area contributed by atoms with E-state index >= 15 is 0 Å². The van der Waals surface area contributed by atoms with Crippen molar-refractivity contribution < 1.29 is 8.60 Å². The minimum absolute atomic E-state index is 0.0936. The lowest BCUT2D eigenvalue weighted by molar-refractivity contribution is 0.615. The quantitative estimate of drug-likeness (QED) is 0.878. The Morgan fingerprint density at radius 2 is 1.94 bits per heavy atom. The standard InChI is InChI=1S/C13H11ClFNOS/c14-11-7-10(16)5-6-13(11)18(17)8-9-3-1-2-4-12(9)15/h1-7H,8,16H2. The SMILES string of the molecule is Nc1ccc(S(=O)Cc2ccccc2F)c(Cl)c1. The van der Waals surface area contributed by atoms with Gasteiger partial charge in [0, 0.05) is 11.3 Å². The van der Waals surface area contributed by atoms with Crippen molar-refractivity contribution in [2.24, 2.45) is 0 Å². The van der Waals surface area contributed by atoms with Gasteiger partial charge in [0.15, 0.2) is 0 Å². The first-order valence-electron chi connectivity index (χ1n) is 5.25. The van der Waals surface area contributed by atoms with Crippen LogP contribution in [-0.2, 0) is 16.6 Å². The Kier molecular flexibility index (Phi) is 3.99. The molecule has 2 rings (SSSR count). The van der Waals surface area contributed by atoms with Crippen LogP contribution in [0.4, 0.5) is 10.1 Å². The lowest BCUT2D eigenvalue weighted by atomic mass is 10.2. The molecule has 1 atom stereocenters. The molecular formula is C13H11ClFNOS. The molecule has 18 heavy (non-hydrogen) atoms. The molecule has 0 heterocycles. The second kappa shape index (κ2) is 5.50. The summed E-state index contributed by atoms with van der Waals surface area (Å²) >= 11 is 5.96. The second-order valence-electron chi connectivity index (χ2n) is 3.77. The minimum Gasteiger partial charge on any atom is -0.399 e. The third-order valence-corrected chi connectivity index (χ3v) is 4.29. The summed E-state index contributed by atoms with van der Waals surface area (Å²) in [5.41, 5.74) is 6.47. The van der Waals surface area contributed by atoms with E-state index in [-0.39, 0.29) is 11.6 Å². The summed E-state index contributed by atoms with van der Waals surface area (Å²) in [7, 11) is -1.39. The van der Waals surface area contributed by atoms with E-state index in [0.29, 0.717) is 21.2 Å². The van der Waals surface area contributed by atoms with Gasteiger partial charge in [0.2, 0.25) is 0 Å². The van der Waals surface area contributed by atoms with Gasteiger partial charge in [-0.1, -0.05) is 29.8 Å². The first-order valence-corrected chi connectivity index (χ1v) is 6.94. The van der Waals surface area contributed by atoms with Crippen molar-refractivity contribution in [3.63, 3.8) is 0 Å². The van der Waals surface area contributed by atoms with Gasteiger partial charge in [0.1, 0.15) is 5.82 Å². The maximum atomic E-state index is 13.4. The summed E-state index contributed by atoms with van der Waals surface area (Å²) < 4.78 is 25.6. The van der Waals surface area contributed by atoms with Crippen LogP contribution in [0.2, 0.25) is 5.02 Å². The molecule has 2 aromatic carbocycles. The zero-order valence-corrected chi connectivity index (χ0v) is 11.0. The topological polar surface area (TPSA) is 43.1 Å². The van der Waals surface area contributed by atoms with Gasteiger partial charge in [-0.2, -0.15) is 0 Å². The third-order valence-electron chi connectivity index (χ3n) is 2.45. The maximum Gasteiger partial charge on any atom is 0.127 e. The molecule has 0 fully saturated rings. The highest BCUT2D eigenvalue weighted by Gasteiger charge is 2.11. The molecule has 0 spiro atoms. The highest BCUT2D eigenvalue weighted by Crippen LogP contribution is 2.24. The van der Waals surface area contributed by atoms with E-state index in [4.69, 9.17) is 17.3 Å². The van der Waals surface area contributed by atoms with Crippen LogP contribution < -0.4 is 5.73 Å². The van der Waals surface area contributed by atoms with E-state index in [0.717, 1.165) is 0 Å². The second-order valence-corrected chi connectivity index (χ2v) is 5.60. The smallest absolute Gasteiger partial charge is 0.127 e. The first-order chi connectivity index (χ1) is 8.58. The maximum absolute atomic E-state index is 13.4. The molecule has 0 aliphatic heterocycles. The summed E-state index contributed by atoms with van der Waals surface area (Å²) in [5, 5.41) is 0.338. The fourth-order valence-corrected chi connectivity index (χ4v) is 3.15. The molecule has 0 amide bonds. The molecule has 94 valence electrons. The highest BCUT2D eigenvalue weighted by atomic mass is 35.5. The lowest BCUT2D eigenvalue weighted by Gasteiger charge is -2.06. The molecule has 2 aromatic rings. The monoisotopic (exact) mass is 283 g/mol. The summed E-state index contributed by atoms with van der Waals surface area (Å²) in [4.78, 5) is 0.467. The number of nitrogen functional groups attached to an aromatic ring is 1. The van der Waals surface area contributed by atoms with Gasteiger partial charge in [0.05, 0.1) is 26.5 Å². The van der Waals surface area contributed by atoms with Crippen molar-refractivity contribution in [1.29, 1.82) is 0 Å². The zero-order chi connectivity index (χ0) is 13.1. The molecule has 2 nitrogen and oxygen atoms in total. The fraction of sp³-hybridized carbons (Fsp3) is 0.0769. The van der Waals surface area contributed by atoms with Crippen molar-refractivity contribution in [3.8, 4) is 0 Å². The number of hydrogen-bond acceptors (Lipinski definition) is 2. The molecule has 0 aliphatic carbocycles. The Balaban J connectivity index is 2.25. The van der Waals surface area contributed by atoms with Crippen LogP contribution in [0.3, 0.4) is 0 Å². The van der Waals surface area contributed by atoms with Crippen LogP contribution in [0.1, 0.15) is 5.56 Å². The number of anilines is 1. The molecule has 0 saturated carbocycles. The van der Waals surface area contributed by atoms with E-state index in [1.807, 2.05) is 0 Å². The fourth-order valence-electron chi connectivity index (χ4n) is 1.54. The molecule has 0 bridgehead atoms. The van der Waals surface area contributed by atoms with Crippen molar-refractivity contribution in [2.75, 3.05) is 5.73 Å². The van der Waals surface area contributed by atoms with Gasteiger partial charge >= 0.3 is 0 Å². The Morgan fingerprint density at radius 3 is 2.61 bits per heavy atom. The first kappa shape index (κ1) is 13.1. The Morgan fingerprint density at radius 1 is 1.22 bits per heavy atom. The number of hydrogen-bond donors (Lipinski definition) is 1. The van der Waals surface area contributed by atoms with Crippen molar-refractivity contribution >= 4 is 28.1 Å². The van der Waals surface area contributed by atoms with Crippen molar-refractivity contribution in [3.05, 3.63) is 58.9 Å². The van der Waals surface area contributed by atoms with Crippen LogP contribution in [0.5, 0.6) is 0 Å². The molecule has 0 aromatic heterocycles. The van der Waals surface area contributed by atoms with Gasteiger partial charge in [0.25, 0.3) is 0 Å². The number of nitrogens with two attached hydrogens (primary N) is 1. The van der Waals surface area contributed by atoms with Crippen LogP contribution in [0.25, 0.3) is 0 Å². The molecular weight excluding hydrogens is 273 g/mol. The normalized spacial score (nSPS) is 12.3. The molecule has 0 radical (unpaired) electrons. The predicted octanol–water partition coefficient (Wildman–Crippen LogP) is 3.37. The van der Waals surface area contributed by atoms with Crippen LogP contribution in [0.15, 0.2) is 47.4 Å². The lowest BCUT2D eigenvalue weighted by Crippen LogP contribution is -2.00. The summed E-state index contributed by atoms with van der Waals surface area (Å²) in [5.74, 6) is -0.270. The Bertz CT molecular complexity index is 603. The van der Waals surface area contributed by atoms with E-state index in [1.165, 1.54) is 12.1 Å². The van der Waals surface area contributed by atoms with Crippen LogP contribution in [-0.4, -0.2) is 4.21 Å². The van der Waals surface area contributed by atoms with Crippen LogP contribution in [0, 0.1) is 5.82 Å². The van der Waals surface area contributed by atoms with E-state index in [2.05, 4.69) is 0 Å². The zero-order valence-electron chi connectivity index (χ0n) is 9.40. The average molecular weight is 284 g/mol. The Labute approximate surface area is 112 Å². The molecule has 0 aliphatic rings. The largest absolute Gasteiger partial charge is 0.399 e. The van der Waals surface area contributed by atoms with Gasteiger partial charge in [-0.15, -0.1) is 0 Å². The number of benzene rings is 2. The molecule has 5 heteroatoms. The van der Waals surface area contributed by atoms with Crippen molar-refractivity contribution in [2.45, 2.75) is 10.6 Å². The van der Waals surface area contributed by atoms with Gasteiger partial charge in [-0.3, -0.25) is 4.21 Å². The van der Waals surface area contributed by atoms with E-state index in [9.17, 15) is 8.60 Å². The summed E-state index contributed by atoms with van der Waals surface area (Å²) in [6.45, 7) is 0. The molecule has 2 N–H and O–H groups in total. The minimum atomic E-state index is -1.39. The highest BCUT2D eigenvalue weighted by molar-refractivity contribution is 7.84. The summed E-state index contributed by atoms with van der Waals surface area (Å²) in [6, 6.07) is 11.0. The molecule has 0 saturated heterocycles. The number of rotatable bonds is 3. The van der Waals surface area contributed by atoms with Gasteiger partial charge in [-0.05, 0) is 24.3 Å². The Hall–Kier alpha value is -1.39. The summed E-state index contributed by atoms with van der Waals surface area (Å²) in [6.07, 6.45) is 0. The van der Waals surface area contributed by atoms with E-state index < -0.39 is 10.8 Å². The van der Waals surface area contributed by atoms with Crippen LogP contribution >= 0.6 is 11.6 Å². The predicted molar refractivity (Wildman–Crippen MR) is 72.4 cm³/mol. The van der Waals surface area contributed by atoms with Crippen molar-refractivity contribution in [1.82, 2.24) is 0 Å².